The molecule has 2 bridgehead atoms. The molecule has 2 aliphatic rings. The number of carbonyl (C=O) groups is 1. The summed E-state index contributed by atoms with van der Waals surface area (Å²) in [4.78, 5) is 12.1. The fraction of sp³-hybridized carbons (Fsp3) is 0.533. The molecule has 2 fully saturated rings. The maximum atomic E-state index is 12.1. The predicted octanol–water partition coefficient (Wildman–Crippen LogP) is 3.62. The first-order valence-corrected chi connectivity index (χ1v) is 7.65. The van der Waals surface area contributed by atoms with Crippen LogP contribution in [0.3, 0.4) is 0 Å². The molecular formula is C15H18BrNO2. The van der Waals surface area contributed by atoms with Gasteiger partial charge in [0.15, 0.2) is 0 Å². The Kier molecular flexibility index (Phi) is 3.52. The average molecular weight is 324 g/mol. The van der Waals surface area contributed by atoms with E-state index in [2.05, 4.69) is 15.9 Å². The molecule has 0 aliphatic heterocycles. The summed E-state index contributed by atoms with van der Waals surface area (Å²) in [6.07, 6.45) is 5.25. The molecule has 0 saturated heterocycles. The number of hydrogen-bond acceptors (Lipinski definition) is 3. The number of ether oxygens (including phenoxy) is 1. The van der Waals surface area contributed by atoms with Crippen molar-refractivity contribution in [2.75, 3.05) is 12.3 Å². The monoisotopic (exact) mass is 323 g/mol. The van der Waals surface area contributed by atoms with Crippen molar-refractivity contribution in [3.63, 3.8) is 0 Å². The second-order valence-corrected chi connectivity index (χ2v) is 6.54. The average Bonchev–Trinajstić information content (AvgIpc) is 3.01. The van der Waals surface area contributed by atoms with Crippen LogP contribution in [0.2, 0.25) is 0 Å². The Balaban J connectivity index is 1.61. The van der Waals surface area contributed by atoms with Crippen molar-refractivity contribution < 1.29 is 9.53 Å². The molecule has 2 aliphatic carbocycles. The molecule has 102 valence electrons. The van der Waals surface area contributed by atoms with Crippen molar-refractivity contribution in [2.24, 2.45) is 17.8 Å². The lowest BCUT2D eigenvalue weighted by atomic mass is 9.89. The van der Waals surface area contributed by atoms with Gasteiger partial charge in [0.05, 0.1) is 16.6 Å². The summed E-state index contributed by atoms with van der Waals surface area (Å²) < 4.78 is 6.11. The zero-order valence-corrected chi connectivity index (χ0v) is 12.4. The molecule has 2 saturated carbocycles. The minimum absolute atomic E-state index is 0.276. The number of esters is 1. The van der Waals surface area contributed by atoms with E-state index in [1.54, 1.807) is 18.2 Å². The molecule has 0 heterocycles. The Morgan fingerprint density at radius 1 is 1.37 bits per heavy atom. The van der Waals surface area contributed by atoms with E-state index in [1.165, 1.54) is 25.7 Å². The molecule has 4 heteroatoms. The first-order valence-electron chi connectivity index (χ1n) is 6.86. The molecule has 3 rings (SSSR count). The first kappa shape index (κ1) is 13.0. The summed E-state index contributed by atoms with van der Waals surface area (Å²) in [5.74, 6) is 1.96. The SMILES string of the molecule is Nc1cccc(C(=O)OCC2CC3CCC2C3)c1Br. The van der Waals surface area contributed by atoms with Crippen molar-refractivity contribution in [3.8, 4) is 0 Å². The number of carbonyl (C=O) groups excluding carboxylic acids is 1. The fourth-order valence-corrected chi connectivity index (χ4v) is 3.97. The van der Waals surface area contributed by atoms with E-state index in [0.717, 1.165) is 11.8 Å². The third-order valence-electron chi connectivity index (χ3n) is 4.56. The molecule has 0 radical (unpaired) electrons. The minimum atomic E-state index is -0.276. The molecule has 2 N–H and O–H groups in total. The van der Waals surface area contributed by atoms with E-state index >= 15 is 0 Å². The maximum absolute atomic E-state index is 12.1. The predicted molar refractivity (Wildman–Crippen MR) is 77.8 cm³/mol. The first-order chi connectivity index (χ1) is 9.15. The van der Waals surface area contributed by atoms with Gasteiger partial charge < -0.3 is 10.5 Å². The second kappa shape index (κ2) is 5.16. The summed E-state index contributed by atoms with van der Waals surface area (Å²) in [5, 5.41) is 0. The number of benzene rings is 1. The van der Waals surface area contributed by atoms with Crippen LogP contribution in [0, 0.1) is 17.8 Å². The van der Waals surface area contributed by atoms with Crippen molar-refractivity contribution in [1.82, 2.24) is 0 Å². The molecule has 1 aromatic rings. The van der Waals surface area contributed by atoms with Gasteiger partial charge in [-0.3, -0.25) is 0 Å². The van der Waals surface area contributed by atoms with Gasteiger partial charge in [-0.15, -0.1) is 0 Å². The number of anilines is 1. The lowest BCUT2D eigenvalue weighted by molar-refractivity contribution is 0.0393. The third-order valence-corrected chi connectivity index (χ3v) is 5.45. The molecule has 0 aromatic heterocycles. The molecule has 3 nitrogen and oxygen atoms in total. The van der Waals surface area contributed by atoms with Crippen LogP contribution in [0.15, 0.2) is 22.7 Å². The van der Waals surface area contributed by atoms with Crippen molar-refractivity contribution in [1.29, 1.82) is 0 Å². The molecule has 0 amide bonds. The van der Waals surface area contributed by atoms with Crippen molar-refractivity contribution in [2.45, 2.75) is 25.7 Å². The van der Waals surface area contributed by atoms with E-state index in [-0.39, 0.29) is 5.97 Å². The van der Waals surface area contributed by atoms with Crippen molar-refractivity contribution in [3.05, 3.63) is 28.2 Å². The lowest BCUT2D eigenvalue weighted by Gasteiger charge is -2.21. The number of fused-ring (bicyclic) bond motifs is 2. The summed E-state index contributed by atoms with van der Waals surface area (Å²) in [5.41, 5.74) is 6.85. The quantitative estimate of drug-likeness (QED) is 0.682. The lowest BCUT2D eigenvalue weighted by Crippen LogP contribution is -2.19. The van der Waals surface area contributed by atoms with E-state index in [9.17, 15) is 4.79 Å². The largest absolute Gasteiger partial charge is 0.462 e. The second-order valence-electron chi connectivity index (χ2n) is 5.74. The Labute approximate surface area is 121 Å². The highest BCUT2D eigenvalue weighted by molar-refractivity contribution is 9.10. The number of halogens is 1. The topological polar surface area (TPSA) is 52.3 Å². The van der Waals surface area contributed by atoms with Gasteiger partial charge in [-0.25, -0.2) is 4.79 Å². The Bertz CT molecular complexity index is 503. The van der Waals surface area contributed by atoms with Gasteiger partial charge in [-0.2, -0.15) is 0 Å². The van der Waals surface area contributed by atoms with Crippen LogP contribution < -0.4 is 5.73 Å². The van der Waals surface area contributed by atoms with Gasteiger partial charge >= 0.3 is 5.97 Å². The number of hydrogen-bond donors (Lipinski definition) is 1. The summed E-state index contributed by atoms with van der Waals surface area (Å²) in [6.45, 7) is 0.557. The molecule has 1 aromatic carbocycles. The molecule has 0 spiro atoms. The van der Waals surface area contributed by atoms with Crippen LogP contribution in [0.4, 0.5) is 5.69 Å². The normalized spacial score (nSPS) is 28.6. The van der Waals surface area contributed by atoms with Gasteiger partial charge in [0.2, 0.25) is 0 Å². The molecule has 3 unspecified atom stereocenters. The van der Waals surface area contributed by atoms with Crippen LogP contribution in [-0.2, 0) is 4.74 Å². The van der Waals surface area contributed by atoms with Crippen molar-refractivity contribution >= 4 is 27.6 Å². The van der Waals surface area contributed by atoms with Gasteiger partial charge in [-0.1, -0.05) is 12.5 Å². The van der Waals surface area contributed by atoms with E-state index in [4.69, 9.17) is 10.5 Å². The summed E-state index contributed by atoms with van der Waals surface area (Å²) in [6, 6.07) is 5.27. The van der Waals surface area contributed by atoms with E-state index in [1.807, 2.05) is 0 Å². The standard InChI is InChI=1S/C15H18BrNO2/c16-14-12(2-1-3-13(14)17)15(18)19-8-11-7-9-4-5-10(11)6-9/h1-3,9-11H,4-8,17H2. The van der Waals surface area contributed by atoms with E-state index < -0.39 is 0 Å². The van der Waals surface area contributed by atoms with Crippen LogP contribution in [0.1, 0.15) is 36.0 Å². The Hall–Kier alpha value is -1.03. The number of nitrogen functional groups attached to an aromatic ring is 1. The Morgan fingerprint density at radius 2 is 2.21 bits per heavy atom. The van der Waals surface area contributed by atoms with Gasteiger partial charge in [-0.05, 0) is 65.1 Å². The highest BCUT2D eigenvalue weighted by Crippen LogP contribution is 2.48. The highest BCUT2D eigenvalue weighted by Gasteiger charge is 2.39. The van der Waals surface area contributed by atoms with Gasteiger partial charge in [0, 0.05) is 5.69 Å². The third kappa shape index (κ3) is 2.50. The molecular weight excluding hydrogens is 306 g/mol. The fourth-order valence-electron chi connectivity index (χ4n) is 3.55. The zero-order chi connectivity index (χ0) is 13.4. The smallest absolute Gasteiger partial charge is 0.339 e. The minimum Gasteiger partial charge on any atom is -0.462 e. The van der Waals surface area contributed by atoms with Crippen LogP contribution >= 0.6 is 15.9 Å². The highest BCUT2D eigenvalue weighted by atomic mass is 79.9. The van der Waals surface area contributed by atoms with E-state index in [0.29, 0.717) is 28.2 Å². The van der Waals surface area contributed by atoms with Gasteiger partial charge in [0.1, 0.15) is 0 Å². The number of nitrogens with two attached hydrogens (primary N) is 1. The van der Waals surface area contributed by atoms with Crippen LogP contribution in [0.25, 0.3) is 0 Å². The summed E-state index contributed by atoms with van der Waals surface area (Å²) >= 11 is 3.34. The van der Waals surface area contributed by atoms with Crippen LogP contribution in [-0.4, -0.2) is 12.6 Å². The Morgan fingerprint density at radius 3 is 2.89 bits per heavy atom. The van der Waals surface area contributed by atoms with Gasteiger partial charge in [0.25, 0.3) is 0 Å². The van der Waals surface area contributed by atoms with Crippen LogP contribution in [0.5, 0.6) is 0 Å². The zero-order valence-electron chi connectivity index (χ0n) is 10.8. The maximum Gasteiger partial charge on any atom is 0.339 e. The summed E-state index contributed by atoms with van der Waals surface area (Å²) in [7, 11) is 0. The molecule has 3 atom stereocenters. The number of rotatable bonds is 3. The molecule has 19 heavy (non-hydrogen) atoms.